The SMILES string of the molecule is Cc1ccccc1N(Cn1cccc1)C(=O)C(C)Cl. The molecular weight excluding hydrogens is 260 g/mol. The fourth-order valence-corrected chi connectivity index (χ4v) is 2.09. The van der Waals surface area contributed by atoms with Crippen LogP contribution in [0.4, 0.5) is 5.69 Å². The molecule has 0 saturated heterocycles. The highest BCUT2D eigenvalue weighted by atomic mass is 35.5. The quantitative estimate of drug-likeness (QED) is 0.786. The van der Waals surface area contributed by atoms with Crippen molar-refractivity contribution >= 4 is 23.2 Å². The summed E-state index contributed by atoms with van der Waals surface area (Å²) in [5, 5.41) is -0.546. The van der Waals surface area contributed by atoms with Gasteiger partial charge in [0.05, 0.1) is 0 Å². The van der Waals surface area contributed by atoms with Crippen molar-refractivity contribution < 1.29 is 4.79 Å². The first-order valence-corrected chi connectivity index (χ1v) is 6.65. The fraction of sp³-hybridized carbons (Fsp3) is 0.267. The summed E-state index contributed by atoms with van der Waals surface area (Å²) in [6.45, 7) is 4.16. The van der Waals surface area contributed by atoms with Gasteiger partial charge in [0.15, 0.2) is 0 Å². The van der Waals surface area contributed by atoms with Crippen molar-refractivity contribution in [1.29, 1.82) is 0 Å². The lowest BCUT2D eigenvalue weighted by atomic mass is 10.2. The molecule has 100 valence electrons. The normalized spacial score (nSPS) is 12.2. The second-order valence-electron chi connectivity index (χ2n) is 4.51. The molecule has 0 aliphatic carbocycles. The van der Waals surface area contributed by atoms with E-state index in [9.17, 15) is 4.79 Å². The molecule has 1 atom stereocenters. The Labute approximate surface area is 118 Å². The maximum absolute atomic E-state index is 12.3. The number of hydrogen-bond donors (Lipinski definition) is 0. The molecular formula is C15H17ClN2O. The molecule has 0 radical (unpaired) electrons. The number of anilines is 1. The van der Waals surface area contributed by atoms with Gasteiger partial charge in [-0.3, -0.25) is 9.69 Å². The highest BCUT2D eigenvalue weighted by Gasteiger charge is 2.21. The predicted octanol–water partition coefficient (Wildman–Crippen LogP) is 3.41. The van der Waals surface area contributed by atoms with Crippen LogP contribution in [-0.4, -0.2) is 15.9 Å². The van der Waals surface area contributed by atoms with Crippen molar-refractivity contribution in [3.05, 3.63) is 54.4 Å². The molecule has 0 bridgehead atoms. The highest BCUT2D eigenvalue weighted by molar-refractivity contribution is 6.32. The first-order chi connectivity index (χ1) is 9.09. The third-order valence-corrected chi connectivity index (χ3v) is 3.17. The average Bonchev–Trinajstić information content (AvgIpc) is 2.89. The van der Waals surface area contributed by atoms with Crippen LogP contribution in [0.5, 0.6) is 0 Å². The first-order valence-electron chi connectivity index (χ1n) is 6.21. The summed E-state index contributed by atoms with van der Waals surface area (Å²) in [5.74, 6) is -0.0929. The van der Waals surface area contributed by atoms with Crippen LogP contribution in [-0.2, 0) is 11.5 Å². The number of carbonyl (C=O) groups excluding carboxylic acids is 1. The minimum Gasteiger partial charge on any atom is -0.336 e. The van der Waals surface area contributed by atoms with E-state index in [4.69, 9.17) is 11.6 Å². The zero-order valence-corrected chi connectivity index (χ0v) is 11.8. The van der Waals surface area contributed by atoms with E-state index in [1.807, 2.05) is 60.3 Å². The minimum atomic E-state index is -0.546. The smallest absolute Gasteiger partial charge is 0.246 e. The third-order valence-electron chi connectivity index (χ3n) is 2.98. The third kappa shape index (κ3) is 3.18. The van der Waals surface area contributed by atoms with Gasteiger partial charge in [0, 0.05) is 18.1 Å². The van der Waals surface area contributed by atoms with Gasteiger partial charge in [-0.2, -0.15) is 0 Å². The van der Waals surface area contributed by atoms with E-state index in [0.29, 0.717) is 6.67 Å². The molecule has 1 aromatic heterocycles. The van der Waals surface area contributed by atoms with Gasteiger partial charge in [0.25, 0.3) is 0 Å². The summed E-state index contributed by atoms with van der Waals surface area (Å²) in [5.41, 5.74) is 1.95. The number of hydrogen-bond acceptors (Lipinski definition) is 1. The molecule has 2 aromatic rings. The van der Waals surface area contributed by atoms with Crippen molar-refractivity contribution in [1.82, 2.24) is 4.57 Å². The number of alkyl halides is 1. The van der Waals surface area contributed by atoms with E-state index in [1.54, 1.807) is 11.8 Å². The number of carbonyl (C=O) groups is 1. The molecule has 3 nitrogen and oxygen atoms in total. The molecule has 0 N–H and O–H groups in total. The van der Waals surface area contributed by atoms with E-state index in [2.05, 4.69) is 0 Å². The summed E-state index contributed by atoms with van der Waals surface area (Å²) < 4.78 is 1.95. The van der Waals surface area contributed by atoms with Crippen LogP contribution in [0.1, 0.15) is 12.5 Å². The Hall–Kier alpha value is -1.74. The predicted molar refractivity (Wildman–Crippen MR) is 78.4 cm³/mol. The average molecular weight is 277 g/mol. The summed E-state index contributed by atoms with van der Waals surface area (Å²) >= 11 is 5.96. The van der Waals surface area contributed by atoms with E-state index in [0.717, 1.165) is 11.3 Å². The molecule has 0 fully saturated rings. The van der Waals surface area contributed by atoms with Gasteiger partial charge >= 0.3 is 0 Å². The highest BCUT2D eigenvalue weighted by Crippen LogP contribution is 2.22. The second kappa shape index (κ2) is 5.93. The van der Waals surface area contributed by atoms with Crippen molar-refractivity contribution in [3.63, 3.8) is 0 Å². The van der Waals surface area contributed by atoms with E-state index in [1.165, 1.54) is 0 Å². The molecule has 1 amide bonds. The molecule has 2 rings (SSSR count). The molecule has 1 unspecified atom stereocenters. The second-order valence-corrected chi connectivity index (χ2v) is 5.16. The van der Waals surface area contributed by atoms with E-state index >= 15 is 0 Å². The van der Waals surface area contributed by atoms with E-state index in [-0.39, 0.29) is 5.91 Å². The van der Waals surface area contributed by atoms with Gasteiger partial charge < -0.3 is 4.57 Å². The number of aromatic nitrogens is 1. The van der Waals surface area contributed by atoms with Crippen LogP contribution >= 0.6 is 11.6 Å². The zero-order chi connectivity index (χ0) is 13.8. The molecule has 19 heavy (non-hydrogen) atoms. The Morgan fingerprint density at radius 2 is 1.89 bits per heavy atom. The number of benzene rings is 1. The van der Waals surface area contributed by atoms with Gasteiger partial charge in [0.1, 0.15) is 12.0 Å². The lowest BCUT2D eigenvalue weighted by Crippen LogP contribution is -2.37. The molecule has 1 heterocycles. The molecule has 1 aromatic carbocycles. The molecule has 4 heteroatoms. The molecule has 0 aliphatic rings. The number of nitrogens with zero attached hydrogens (tertiary/aromatic N) is 2. The van der Waals surface area contributed by atoms with Crippen molar-refractivity contribution in [2.75, 3.05) is 4.90 Å². The monoisotopic (exact) mass is 276 g/mol. The summed E-state index contributed by atoms with van der Waals surface area (Å²) in [7, 11) is 0. The largest absolute Gasteiger partial charge is 0.336 e. The molecule has 0 aliphatic heterocycles. The van der Waals surface area contributed by atoms with Gasteiger partial charge in [0.2, 0.25) is 5.91 Å². The number of rotatable bonds is 4. The topological polar surface area (TPSA) is 25.2 Å². The number of aryl methyl sites for hydroxylation is 1. The molecule has 0 saturated carbocycles. The molecule has 0 spiro atoms. The van der Waals surface area contributed by atoms with Crippen molar-refractivity contribution in [2.45, 2.75) is 25.9 Å². The van der Waals surface area contributed by atoms with Gasteiger partial charge in [-0.1, -0.05) is 18.2 Å². The standard InChI is InChI=1S/C15H17ClN2O/c1-12-7-3-4-8-14(12)18(15(19)13(2)16)11-17-9-5-6-10-17/h3-10,13H,11H2,1-2H3. The maximum atomic E-state index is 12.3. The van der Waals surface area contributed by atoms with Gasteiger partial charge in [-0.15, -0.1) is 11.6 Å². The van der Waals surface area contributed by atoms with Crippen LogP contribution in [0.25, 0.3) is 0 Å². The number of halogens is 1. The number of amides is 1. The van der Waals surface area contributed by atoms with E-state index < -0.39 is 5.38 Å². The Morgan fingerprint density at radius 1 is 1.26 bits per heavy atom. The lowest BCUT2D eigenvalue weighted by molar-refractivity contribution is -0.118. The number of para-hydroxylation sites is 1. The zero-order valence-electron chi connectivity index (χ0n) is 11.1. The van der Waals surface area contributed by atoms with Gasteiger partial charge in [-0.05, 0) is 37.6 Å². The fourth-order valence-electron chi connectivity index (χ4n) is 1.97. The van der Waals surface area contributed by atoms with Gasteiger partial charge in [-0.25, -0.2) is 0 Å². The summed E-state index contributed by atoms with van der Waals surface area (Å²) in [6, 6.07) is 11.7. The Balaban J connectivity index is 2.34. The van der Waals surface area contributed by atoms with Crippen molar-refractivity contribution in [3.8, 4) is 0 Å². The van der Waals surface area contributed by atoms with Crippen LogP contribution in [0.2, 0.25) is 0 Å². The van der Waals surface area contributed by atoms with Crippen LogP contribution in [0, 0.1) is 6.92 Å². The minimum absolute atomic E-state index is 0.0929. The van der Waals surface area contributed by atoms with Crippen LogP contribution in [0.15, 0.2) is 48.8 Å². The van der Waals surface area contributed by atoms with Crippen LogP contribution < -0.4 is 4.90 Å². The summed E-state index contributed by atoms with van der Waals surface area (Å²) in [6.07, 6.45) is 3.86. The van der Waals surface area contributed by atoms with Crippen LogP contribution in [0.3, 0.4) is 0 Å². The Bertz CT molecular complexity index is 549. The maximum Gasteiger partial charge on any atom is 0.246 e. The summed E-state index contributed by atoms with van der Waals surface area (Å²) in [4.78, 5) is 14.0. The van der Waals surface area contributed by atoms with Crippen molar-refractivity contribution in [2.24, 2.45) is 0 Å². The Morgan fingerprint density at radius 3 is 2.47 bits per heavy atom. The Kier molecular flexibility index (Phi) is 4.27. The lowest BCUT2D eigenvalue weighted by Gasteiger charge is -2.26. The first kappa shape index (κ1) is 13.7.